The molecule has 0 bridgehead atoms. The lowest BCUT2D eigenvalue weighted by atomic mass is 11.0. The van der Waals surface area contributed by atoms with Crippen LogP contribution in [0.5, 0.6) is 0 Å². The Kier molecular flexibility index (Phi) is 3.33. The molecule has 1 unspecified atom stereocenters. The molecule has 0 aliphatic carbocycles. The summed E-state index contributed by atoms with van der Waals surface area (Å²) in [5, 5.41) is 0. The molecular formula is C3H8FNOS. The molecule has 44 valence electrons. The average Bonchev–Trinajstić information content (AvgIpc) is 1.65. The Morgan fingerprint density at radius 3 is 2.29 bits per heavy atom. The van der Waals surface area contributed by atoms with Crippen molar-refractivity contribution in [3.63, 3.8) is 0 Å². The van der Waals surface area contributed by atoms with Gasteiger partial charge in [0.1, 0.15) is 5.75 Å². The van der Waals surface area contributed by atoms with E-state index in [4.69, 9.17) is 0 Å². The first-order chi connectivity index (χ1) is 3.18. The number of halogens is 1. The minimum absolute atomic E-state index is 0.194. The zero-order chi connectivity index (χ0) is 5.86. The second-order valence-electron chi connectivity index (χ2n) is 1.03. The molecule has 0 heterocycles. The Morgan fingerprint density at radius 2 is 2.29 bits per heavy atom. The van der Waals surface area contributed by atoms with E-state index >= 15 is 0 Å². The van der Waals surface area contributed by atoms with Crippen LogP contribution in [0.4, 0.5) is 4.48 Å². The van der Waals surface area contributed by atoms with Gasteiger partial charge in [-0.25, -0.2) is 0 Å². The molecule has 0 radical (unpaired) electrons. The molecule has 0 aromatic rings. The summed E-state index contributed by atoms with van der Waals surface area (Å²) in [5.41, 5.74) is 0. The lowest BCUT2D eigenvalue weighted by Crippen LogP contribution is -2.19. The Bertz CT molecular complexity index is 52.2. The minimum atomic E-state index is -1.41. The molecule has 0 fully saturated rings. The fourth-order valence-corrected chi connectivity index (χ4v) is 0.534. The summed E-state index contributed by atoms with van der Waals surface area (Å²) >= 11 is -1.41. The quantitative estimate of drug-likeness (QED) is 0.396. The molecule has 0 aromatic heterocycles. The SMILES string of the molecule is CC[S+]([O-])N(C)F. The number of hydrogen-bond donors (Lipinski definition) is 0. The van der Waals surface area contributed by atoms with Gasteiger partial charge in [0.15, 0.2) is 0 Å². The molecule has 7 heavy (non-hydrogen) atoms. The normalized spacial score (nSPS) is 15.0. The molecule has 0 N–H and O–H groups in total. The Morgan fingerprint density at radius 1 is 1.86 bits per heavy atom. The van der Waals surface area contributed by atoms with Crippen LogP contribution in [0.15, 0.2) is 0 Å². The number of nitrogens with zero attached hydrogens (tertiary/aromatic N) is 1. The van der Waals surface area contributed by atoms with Crippen LogP contribution >= 0.6 is 0 Å². The van der Waals surface area contributed by atoms with Crippen LogP contribution in [0.25, 0.3) is 0 Å². The standard InChI is InChI=1S/C3H8FNOS/c1-3-7(6)5(2)4/h3H2,1-2H3. The monoisotopic (exact) mass is 125 g/mol. The third-order valence-electron chi connectivity index (χ3n) is 0.528. The Labute approximate surface area is 45.6 Å². The molecule has 0 aromatic carbocycles. The van der Waals surface area contributed by atoms with E-state index < -0.39 is 11.4 Å². The summed E-state index contributed by atoms with van der Waals surface area (Å²) < 4.78 is 22.0. The maximum absolute atomic E-state index is 11.6. The molecular weight excluding hydrogens is 117 g/mol. The fourth-order valence-electron chi connectivity index (χ4n) is 0.178. The van der Waals surface area contributed by atoms with E-state index in [9.17, 15) is 9.03 Å². The second kappa shape index (κ2) is 3.23. The van der Waals surface area contributed by atoms with Crippen LogP contribution < -0.4 is 0 Å². The van der Waals surface area contributed by atoms with E-state index in [1.165, 1.54) is 0 Å². The summed E-state index contributed by atoms with van der Waals surface area (Å²) in [5.74, 6) is 0.340. The first kappa shape index (κ1) is 7.20. The van der Waals surface area contributed by atoms with E-state index in [0.29, 0.717) is 5.75 Å². The molecule has 0 aliphatic heterocycles. The third-order valence-corrected chi connectivity index (χ3v) is 1.58. The summed E-state index contributed by atoms with van der Waals surface area (Å²) in [6.07, 6.45) is 0. The summed E-state index contributed by atoms with van der Waals surface area (Å²) in [6.45, 7) is 1.66. The van der Waals surface area contributed by atoms with Gasteiger partial charge in [-0.15, -0.1) is 0 Å². The van der Waals surface area contributed by atoms with E-state index in [1.54, 1.807) is 6.92 Å². The highest BCUT2D eigenvalue weighted by Gasteiger charge is 2.07. The van der Waals surface area contributed by atoms with Crippen molar-refractivity contribution in [2.75, 3.05) is 12.8 Å². The van der Waals surface area contributed by atoms with Crippen LogP contribution in [0, 0.1) is 0 Å². The van der Waals surface area contributed by atoms with Gasteiger partial charge in [0.2, 0.25) is 0 Å². The van der Waals surface area contributed by atoms with Gasteiger partial charge >= 0.3 is 0 Å². The predicted molar refractivity (Wildman–Crippen MR) is 27.6 cm³/mol. The molecule has 0 spiro atoms. The summed E-state index contributed by atoms with van der Waals surface area (Å²) in [6, 6.07) is 0. The molecule has 0 aliphatic rings. The highest BCUT2D eigenvalue weighted by molar-refractivity contribution is 7.88. The number of rotatable bonds is 2. The first-order valence-electron chi connectivity index (χ1n) is 1.96. The van der Waals surface area contributed by atoms with E-state index in [2.05, 4.69) is 0 Å². The molecule has 4 heteroatoms. The minimum Gasteiger partial charge on any atom is -0.596 e. The van der Waals surface area contributed by atoms with E-state index in [0.717, 1.165) is 7.05 Å². The van der Waals surface area contributed by atoms with Crippen LogP contribution in [-0.4, -0.2) is 21.9 Å². The van der Waals surface area contributed by atoms with Crippen LogP contribution in [0.1, 0.15) is 6.92 Å². The van der Waals surface area contributed by atoms with Crippen molar-refractivity contribution in [2.45, 2.75) is 6.92 Å². The topological polar surface area (TPSA) is 26.3 Å². The molecule has 0 saturated carbocycles. The van der Waals surface area contributed by atoms with Gasteiger partial charge < -0.3 is 4.55 Å². The van der Waals surface area contributed by atoms with Gasteiger partial charge in [-0.3, -0.25) is 0 Å². The smallest absolute Gasteiger partial charge is 0.125 e. The maximum Gasteiger partial charge on any atom is 0.125 e. The van der Waals surface area contributed by atoms with Gasteiger partial charge in [-0.2, -0.15) is 0 Å². The highest BCUT2D eigenvalue weighted by Crippen LogP contribution is 1.95. The van der Waals surface area contributed by atoms with Gasteiger partial charge in [0, 0.05) is 4.53 Å². The second-order valence-corrected chi connectivity index (χ2v) is 2.75. The summed E-state index contributed by atoms with van der Waals surface area (Å²) in [4.78, 5) is 0. The highest BCUT2D eigenvalue weighted by atomic mass is 32.2. The Hall–Kier alpha value is 0.200. The average molecular weight is 125 g/mol. The number of hydrogen-bond acceptors (Lipinski definition) is 2. The predicted octanol–water partition coefficient (Wildman–Crippen LogP) is 0.486. The fraction of sp³-hybridized carbons (Fsp3) is 1.00. The molecule has 0 saturated heterocycles. The summed E-state index contributed by atoms with van der Waals surface area (Å²) in [7, 11) is 1.14. The van der Waals surface area contributed by atoms with Gasteiger partial charge in [0.25, 0.3) is 0 Å². The van der Waals surface area contributed by atoms with Gasteiger partial charge in [0.05, 0.1) is 18.4 Å². The largest absolute Gasteiger partial charge is 0.596 e. The van der Waals surface area contributed by atoms with Gasteiger partial charge in [-0.05, 0) is 6.92 Å². The van der Waals surface area contributed by atoms with Crippen molar-refractivity contribution in [1.29, 1.82) is 0 Å². The zero-order valence-corrected chi connectivity index (χ0v) is 5.17. The van der Waals surface area contributed by atoms with Crippen LogP contribution in [-0.2, 0) is 11.4 Å². The first-order valence-corrected chi connectivity index (χ1v) is 3.24. The zero-order valence-electron chi connectivity index (χ0n) is 4.35. The molecule has 2 nitrogen and oxygen atoms in total. The molecule has 1 atom stereocenters. The van der Waals surface area contributed by atoms with Crippen molar-refractivity contribution >= 4 is 11.4 Å². The van der Waals surface area contributed by atoms with E-state index in [-0.39, 0.29) is 4.53 Å². The molecule has 0 amide bonds. The lowest BCUT2D eigenvalue weighted by molar-refractivity contribution is 0.178. The lowest BCUT2D eigenvalue weighted by Gasteiger charge is -2.07. The molecule has 0 rings (SSSR count). The Balaban J connectivity index is 3.14. The third kappa shape index (κ3) is 2.85. The van der Waals surface area contributed by atoms with Crippen molar-refractivity contribution in [3.8, 4) is 0 Å². The van der Waals surface area contributed by atoms with Crippen LogP contribution in [0.3, 0.4) is 0 Å². The van der Waals surface area contributed by atoms with E-state index in [1.807, 2.05) is 0 Å². The van der Waals surface area contributed by atoms with Crippen molar-refractivity contribution < 1.29 is 9.03 Å². The van der Waals surface area contributed by atoms with Crippen molar-refractivity contribution in [1.82, 2.24) is 4.53 Å². The van der Waals surface area contributed by atoms with Gasteiger partial charge in [-0.1, -0.05) is 4.48 Å². The van der Waals surface area contributed by atoms with Crippen molar-refractivity contribution in [3.05, 3.63) is 0 Å². The van der Waals surface area contributed by atoms with Crippen molar-refractivity contribution in [2.24, 2.45) is 0 Å². The van der Waals surface area contributed by atoms with Crippen LogP contribution in [0.2, 0.25) is 0 Å². The maximum atomic E-state index is 11.6.